The maximum atomic E-state index is 11.5. The van der Waals surface area contributed by atoms with Crippen LogP contribution in [0.2, 0.25) is 0 Å². The number of benzene rings is 1. The molecule has 0 amide bonds. The highest BCUT2D eigenvalue weighted by Crippen LogP contribution is 2.06. The van der Waals surface area contributed by atoms with Crippen LogP contribution in [-0.4, -0.2) is 19.0 Å². The number of carbonyl (C=O) groups is 1. The Balaban J connectivity index is 2.26. The number of ether oxygens (including phenoxy) is 1. The minimum atomic E-state index is 0.190. The fraction of sp³-hybridized carbons (Fsp3) is 0.500. The number of rotatable bonds is 7. The number of carbonyl (C=O) groups excluding carboxylic acids is 1. The van der Waals surface area contributed by atoms with Gasteiger partial charge in [-0.05, 0) is 25.3 Å². The van der Waals surface area contributed by atoms with Gasteiger partial charge in [0.25, 0.3) is 0 Å². The molecule has 0 saturated heterocycles. The normalized spacial score (nSPS) is 10.4. The monoisotopic (exact) mass is 220 g/mol. The highest BCUT2D eigenvalue weighted by Gasteiger charge is 2.02. The van der Waals surface area contributed by atoms with Gasteiger partial charge in [0.15, 0.2) is 5.78 Å². The summed E-state index contributed by atoms with van der Waals surface area (Å²) in [6.07, 6.45) is 2.36. The van der Waals surface area contributed by atoms with E-state index in [9.17, 15) is 4.79 Å². The van der Waals surface area contributed by atoms with E-state index in [1.165, 1.54) is 11.1 Å². The molecule has 0 fully saturated rings. The van der Waals surface area contributed by atoms with Crippen LogP contribution in [0, 0.1) is 6.92 Å². The molecule has 0 aromatic heterocycles. The lowest BCUT2D eigenvalue weighted by molar-refractivity contribution is -0.123. The summed E-state index contributed by atoms with van der Waals surface area (Å²) in [6, 6.07) is 8.28. The zero-order valence-electron chi connectivity index (χ0n) is 10.2. The van der Waals surface area contributed by atoms with Crippen molar-refractivity contribution in [3.63, 3.8) is 0 Å². The highest BCUT2D eigenvalue weighted by molar-refractivity contribution is 5.79. The number of Topliss-reactive ketones (excluding diaryl/α,β-unsaturated/α-hetero) is 1. The SMILES string of the molecule is CCCOCC(=O)CCc1cccc(C)c1. The van der Waals surface area contributed by atoms with Crippen molar-refractivity contribution in [2.75, 3.05) is 13.2 Å². The van der Waals surface area contributed by atoms with E-state index >= 15 is 0 Å². The van der Waals surface area contributed by atoms with Gasteiger partial charge in [0.1, 0.15) is 6.61 Å². The van der Waals surface area contributed by atoms with Crippen molar-refractivity contribution >= 4 is 5.78 Å². The number of hydrogen-bond acceptors (Lipinski definition) is 2. The molecule has 1 rings (SSSR count). The molecule has 0 aliphatic rings. The maximum absolute atomic E-state index is 11.5. The van der Waals surface area contributed by atoms with E-state index in [-0.39, 0.29) is 12.4 Å². The van der Waals surface area contributed by atoms with Crippen LogP contribution in [0.3, 0.4) is 0 Å². The van der Waals surface area contributed by atoms with Crippen LogP contribution in [0.5, 0.6) is 0 Å². The van der Waals surface area contributed by atoms with Crippen LogP contribution in [0.1, 0.15) is 30.9 Å². The molecule has 16 heavy (non-hydrogen) atoms. The Bertz CT molecular complexity index is 331. The van der Waals surface area contributed by atoms with Crippen molar-refractivity contribution in [2.24, 2.45) is 0 Å². The van der Waals surface area contributed by atoms with E-state index in [1.54, 1.807) is 0 Å². The first-order chi connectivity index (χ1) is 7.72. The summed E-state index contributed by atoms with van der Waals surface area (Å²) in [4.78, 5) is 11.5. The summed E-state index contributed by atoms with van der Waals surface area (Å²) in [6.45, 7) is 5.04. The van der Waals surface area contributed by atoms with E-state index in [1.807, 2.05) is 13.0 Å². The molecule has 0 bridgehead atoms. The molecule has 0 aliphatic carbocycles. The van der Waals surface area contributed by atoms with Gasteiger partial charge in [-0.15, -0.1) is 0 Å². The molecule has 0 radical (unpaired) electrons. The minimum absolute atomic E-state index is 0.190. The van der Waals surface area contributed by atoms with Crippen LogP contribution >= 0.6 is 0 Å². The largest absolute Gasteiger partial charge is 0.374 e. The summed E-state index contributed by atoms with van der Waals surface area (Å²) < 4.78 is 5.21. The summed E-state index contributed by atoms with van der Waals surface area (Å²) in [7, 11) is 0. The van der Waals surface area contributed by atoms with Gasteiger partial charge in [0.2, 0.25) is 0 Å². The molecule has 0 spiro atoms. The van der Waals surface area contributed by atoms with E-state index in [4.69, 9.17) is 4.74 Å². The molecular weight excluding hydrogens is 200 g/mol. The second kappa shape index (κ2) is 7.18. The van der Waals surface area contributed by atoms with Gasteiger partial charge in [-0.2, -0.15) is 0 Å². The summed E-state index contributed by atoms with van der Waals surface area (Å²) >= 11 is 0. The molecule has 2 heteroatoms. The Morgan fingerprint density at radius 2 is 2.19 bits per heavy atom. The third kappa shape index (κ3) is 5.08. The van der Waals surface area contributed by atoms with Crippen LogP contribution in [0.25, 0.3) is 0 Å². The molecule has 0 aliphatic heterocycles. The second-order valence-electron chi connectivity index (χ2n) is 4.08. The van der Waals surface area contributed by atoms with E-state index in [0.717, 1.165) is 12.8 Å². The zero-order chi connectivity index (χ0) is 11.8. The van der Waals surface area contributed by atoms with Crippen LogP contribution in [0.4, 0.5) is 0 Å². The summed E-state index contributed by atoms with van der Waals surface area (Å²) in [5.74, 6) is 0.190. The lowest BCUT2D eigenvalue weighted by atomic mass is 10.1. The van der Waals surface area contributed by atoms with Crippen molar-refractivity contribution in [1.29, 1.82) is 0 Å². The number of aryl methyl sites for hydroxylation is 2. The third-order valence-corrected chi connectivity index (χ3v) is 2.39. The predicted octanol–water partition coefficient (Wildman–Crippen LogP) is 2.92. The maximum Gasteiger partial charge on any atom is 0.158 e. The van der Waals surface area contributed by atoms with Crippen LogP contribution in [-0.2, 0) is 16.0 Å². The Labute approximate surface area is 97.6 Å². The van der Waals surface area contributed by atoms with Crippen molar-refractivity contribution in [2.45, 2.75) is 33.1 Å². The molecule has 88 valence electrons. The van der Waals surface area contributed by atoms with Crippen LogP contribution in [0.15, 0.2) is 24.3 Å². The fourth-order valence-electron chi connectivity index (χ4n) is 1.55. The summed E-state index contributed by atoms with van der Waals surface area (Å²) in [5.41, 5.74) is 2.47. The van der Waals surface area contributed by atoms with Gasteiger partial charge < -0.3 is 4.74 Å². The Morgan fingerprint density at radius 1 is 1.38 bits per heavy atom. The van der Waals surface area contributed by atoms with Gasteiger partial charge in [-0.3, -0.25) is 4.79 Å². The van der Waals surface area contributed by atoms with Gasteiger partial charge in [-0.25, -0.2) is 0 Å². The standard InChI is InChI=1S/C14H20O2/c1-3-9-16-11-14(15)8-7-13-6-4-5-12(2)10-13/h4-6,10H,3,7-9,11H2,1-2H3. The van der Waals surface area contributed by atoms with E-state index < -0.39 is 0 Å². The fourth-order valence-corrected chi connectivity index (χ4v) is 1.55. The van der Waals surface area contributed by atoms with Crippen molar-refractivity contribution in [3.8, 4) is 0 Å². The Hall–Kier alpha value is -1.15. The molecule has 0 unspecified atom stereocenters. The van der Waals surface area contributed by atoms with E-state index in [0.29, 0.717) is 13.0 Å². The van der Waals surface area contributed by atoms with Crippen molar-refractivity contribution < 1.29 is 9.53 Å². The molecule has 1 aromatic carbocycles. The smallest absolute Gasteiger partial charge is 0.158 e. The quantitative estimate of drug-likeness (QED) is 0.660. The molecule has 0 atom stereocenters. The third-order valence-electron chi connectivity index (χ3n) is 2.39. The second-order valence-corrected chi connectivity index (χ2v) is 4.08. The highest BCUT2D eigenvalue weighted by atomic mass is 16.5. The molecule has 1 aromatic rings. The topological polar surface area (TPSA) is 26.3 Å². The first kappa shape index (κ1) is 12.9. The predicted molar refractivity (Wildman–Crippen MR) is 65.6 cm³/mol. The first-order valence-corrected chi connectivity index (χ1v) is 5.87. The number of hydrogen-bond donors (Lipinski definition) is 0. The molecule has 2 nitrogen and oxygen atoms in total. The average molecular weight is 220 g/mol. The average Bonchev–Trinajstić information content (AvgIpc) is 2.27. The summed E-state index contributed by atoms with van der Waals surface area (Å²) in [5, 5.41) is 0. The van der Waals surface area contributed by atoms with Crippen molar-refractivity contribution in [1.82, 2.24) is 0 Å². The first-order valence-electron chi connectivity index (χ1n) is 5.87. The van der Waals surface area contributed by atoms with Gasteiger partial charge >= 0.3 is 0 Å². The molecular formula is C14H20O2. The molecule has 0 N–H and O–H groups in total. The van der Waals surface area contributed by atoms with Crippen LogP contribution < -0.4 is 0 Å². The Kier molecular flexibility index (Phi) is 5.79. The number of ketones is 1. The lowest BCUT2D eigenvalue weighted by Crippen LogP contribution is -2.10. The zero-order valence-corrected chi connectivity index (χ0v) is 10.2. The van der Waals surface area contributed by atoms with Crippen molar-refractivity contribution in [3.05, 3.63) is 35.4 Å². The van der Waals surface area contributed by atoms with E-state index in [2.05, 4.69) is 25.1 Å². The van der Waals surface area contributed by atoms with Gasteiger partial charge in [0, 0.05) is 13.0 Å². The molecule has 0 saturated carbocycles. The Morgan fingerprint density at radius 3 is 2.88 bits per heavy atom. The lowest BCUT2D eigenvalue weighted by Gasteiger charge is -2.03. The molecule has 0 heterocycles. The van der Waals surface area contributed by atoms with Gasteiger partial charge in [-0.1, -0.05) is 36.8 Å². The minimum Gasteiger partial charge on any atom is -0.374 e. The van der Waals surface area contributed by atoms with Gasteiger partial charge in [0.05, 0.1) is 0 Å².